The van der Waals surface area contributed by atoms with Gasteiger partial charge in [-0.25, -0.2) is 0 Å². The van der Waals surface area contributed by atoms with Crippen LogP contribution in [0.25, 0.3) is 0 Å². The van der Waals surface area contributed by atoms with Gasteiger partial charge in [0.05, 0.1) is 13.2 Å². The second-order valence-corrected chi connectivity index (χ2v) is 7.52. The van der Waals surface area contributed by atoms with Crippen LogP contribution in [0.2, 0.25) is 0 Å². The third-order valence-electron chi connectivity index (χ3n) is 4.86. The van der Waals surface area contributed by atoms with Gasteiger partial charge in [-0.2, -0.15) is 0 Å². The molecule has 6 heteroatoms. The van der Waals surface area contributed by atoms with Crippen LogP contribution in [0.5, 0.6) is 0 Å². The number of hydrogen-bond acceptors (Lipinski definition) is 3. The largest absolute Gasteiger partial charge is 0.381 e. The lowest BCUT2D eigenvalue weighted by Crippen LogP contribution is -2.37. The molecule has 2 aromatic rings. The van der Waals surface area contributed by atoms with Gasteiger partial charge in [0.25, 0.3) is 0 Å². The molecule has 0 amide bonds. The molecule has 2 aromatic carbocycles. The Labute approximate surface area is 197 Å². The normalized spacial score (nSPS) is 13.6. The monoisotopic (exact) mass is 523 g/mol. The molecule has 0 bridgehead atoms. The van der Waals surface area contributed by atoms with E-state index < -0.39 is 0 Å². The van der Waals surface area contributed by atoms with Gasteiger partial charge in [0, 0.05) is 33.4 Å². The van der Waals surface area contributed by atoms with E-state index in [-0.39, 0.29) is 24.0 Å². The van der Waals surface area contributed by atoms with E-state index in [0.29, 0.717) is 13.2 Å². The van der Waals surface area contributed by atoms with E-state index in [0.717, 1.165) is 44.6 Å². The molecule has 5 nitrogen and oxygen atoms in total. The number of aliphatic imine (C=N–C) groups is 1. The van der Waals surface area contributed by atoms with E-state index in [9.17, 15) is 0 Å². The number of halogens is 1. The maximum Gasteiger partial charge on any atom is 0.191 e. The Hall–Kier alpha value is -1.64. The van der Waals surface area contributed by atoms with E-state index in [1.165, 1.54) is 29.5 Å². The first kappa shape index (κ1) is 24.6. The van der Waals surface area contributed by atoms with Crippen LogP contribution in [-0.2, 0) is 29.2 Å². The lowest BCUT2D eigenvalue weighted by Gasteiger charge is -2.13. The molecule has 0 saturated heterocycles. The average molecular weight is 523 g/mol. The molecule has 0 radical (unpaired) electrons. The first-order valence-electron chi connectivity index (χ1n) is 10.6. The Morgan fingerprint density at radius 3 is 2.43 bits per heavy atom. The molecule has 0 atom stereocenters. The summed E-state index contributed by atoms with van der Waals surface area (Å²) in [5, 5.41) is 6.72. The standard InChI is InChI=1S/C24H33N3O2.HI/c1-25-24(26-13-6-14-28-17-21-11-12-21)27-16-22-9-5-10-23(15-22)19-29-18-20-7-3-2-4-8-20;/h2-5,7-10,15,21H,6,11-14,16-19H2,1H3,(H2,25,26,27);1H. The molecule has 0 aliphatic heterocycles. The highest BCUT2D eigenvalue weighted by molar-refractivity contribution is 14.0. The van der Waals surface area contributed by atoms with Crippen LogP contribution in [-0.4, -0.2) is 32.8 Å². The maximum absolute atomic E-state index is 5.84. The van der Waals surface area contributed by atoms with E-state index in [4.69, 9.17) is 9.47 Å². The smallest absolute Gasteiger partial charge is 0.191 e. The van der Waals surface area contributed by atoms with Gasteiger partial charge >= 0.3 is 0 Å². The fourth-order valence-corrected chi connectivity index (χ4v) is 3.01. The van der Waals surface area contributed by atoms with Crippen LogP contribution in [0, 0.1) is 5.92 Å². The number of benzene rings is 2. The highest BCUT2D eigenvalue weighted by Gasteiger charge is 2.20. The second kappa shape index (κ2) is 14.4. The van der Waals surface area contributed by atoms with Crippen molar-refractivity contribution in [3.63, 3.8) is 0 Å². The summed E-state index contributed by atoms with van der Waals surface area (Å²) in [6.45, 7) is 4.56. The van der Waals surface area contributed by atoms with E-state index in [1.807, 2.05) is 18.2 Å². The summed E-state index contributed by atoms with van der Waals surface area (Å²) in [6.07, 6.45) is 3.67. The fourth-order valence-electron chi connectivity index (χ4n) is 3.01. The van der Waals surface area contributed by atoms with Gasteiger partial charge < -0.3 is 20.1 Å². The topological polar surface area (TPSA) is 54.9 Å². The summed E-state index contributed by atoms with van der Waals surface area (Å²) in [6, 6.07) is 18.7. The van der Waals surface area contributed by atoms with Crippen molar-refractivity contribution in [2.75, 3.05) is 26.8 Å². The molecule has 30 heavy (non-hydrogen) atoms. The number of nitrogens with zero attached hydrogens (tertiary/aromatic N) is 1. The summed E-state index contributed by atoms with van der Waals surface area (Å²) in [4.78, 5) is 4.29. The highest BCUT2D eigenvalue weighted by Crippen LogP contribution is 2.28. The van der Waals surface area contributed by atoms with E-state index >= 15 is 0 Å². The first-order valence-corrected chi connectivity index (χ1v) is 10.6. The molecule has 1 aliphatic rings. The number of guanidine groups is 1. The fraction of sp³-hybridized carbons (Fsp3) is 0.458. The third kappa shape index (κ3) is 9.91. The summed E-state index contributed by atoms with van der Waals surface area (Å²) >= 11 is 0. The van der Waals surface area contributed by atoms with Crippen LogP contribution in [0.1, 0.15) is 36.0 Å². The van der Waals surface area contributed by atoms with Crippen molar-refractivity contribution < 1.29 is 9.47 Å². The SMILES string of the molecule is CN=C(NCCCOCC1CC1)NCc1cccc(COCc2ccccc2)c1.I. The predicted octanol–water partition coefficient (Wildman–Crippen LogP) is 4.50. The molecule has 1 saturated carbocycles. The van der Waals surface area contributed by atoms with Crippen molar-refractivity contribution in [2.24, 2.45) is 10.9 Å². The van der Waals surface area contributed by atoms with Gasteiger partial charge in [0.1, 0.15) is 0 Å². The lowest BCUT2D eigenvalue weighted by molar-refractivity contribution is 0.107. The Kier molecular flexibility index (Phi) is 11.8. The Bertz CT molecular complexity index is 751. The molecule has 2 N–H and O–H groups in total. The summed E-state index contributed by atoms with van der Waals surface area (Å²) in [5.41, 5.74) is 3.58. The summed E-state index contributed by atoms with van der Waals surface area (Å²) in [5.74, 6) is 1.65. The molecular formula is C24H34IN3O2. The van der Waals surface area contributed by atoms with Gasteiger partial charge in [-0.3, -0.25) is 4.99 Å². The maximum atomic E-state index is 5.84. The zero-order valence-electron chi connectivity index (χ0n) is 17.8. The van der Waals surface area contributed by atoms with Crippen LogP contribution < -0.4 is 10.6 Å². The van der Waals surface area contributed by atoms with Crippen LogP contribution in [0.15, 0.2) is 59.6 Å². The quantitative estimate of drug-likeness (QED) is 0.186. The Morgan fingerprint density at radius 1 is 0.933 bits per heavy atom. The number of ether oxygens (including phenoxy) is 2. The molecule has 1 fully saturated rings. The van der Waals surface area contributed by atoms with Crippen molar-refractivity contribution in [3.05, 3.63) is 71.3 Å². The van der Waals surface area contributed by atoms with Crippen molar-refractivity contribution in [3.8, 4) is 0 Å². The Morgan fingerprint density at radius 2 is 1.67 bits per heavy atom. The number of rotatable bonds is 12. The van der Waals surface area contributed by atoms with Crippen molar-refractivity contribution in [2.45, 2.75) is 39.0 Å². The van der Waals surface area contributed by atoms with Crippen LogP contribution >= 0.6 is 24.0 Å². The zero-order chi connectivity index (χ0) is 20.2. The number of nitrogens with one attached hydrogen (secondary N) is 2. The van der Waals surface area contributed by atoms with Gasteiger partial charge in [-0.05, 0) is 41.9 Å². The minimum absolute atomic E-state index is 0. The average Bonchev–Trinajstić information content (AvgIpc) is 3.58. The van der Waals surface area contributed by atoms with Crippen molar-refractivity contribution in [1.82, 2.24) is 10.6 Å². The molecular weight excluding hydrogens is 489 g/mol. The Balaban J connectivity index is 0.00000320. The number of hydrogen-bond donors (Lipinski definition) is 2. The second-order valence-electron chi connectivity index (χ2n) is 7.52. The minimum Gasteiger partial charge on any atom is -0.381 e. The molecule has 3 rings (SSSR count). The van der Waals surface area contributed by atoms with Crippen LogP contribution in [0.3, 0.4) is 0 Å². The summed E-state index contributed by atoms with van der Waals surface area (Å²) in [7, 11) is 1.80. The molecule has 0 heterocycles. The summed E-state index contributed by atoms with van der Waals surface area (Å²) < 4.78 is 11.5. The highest BCUT2D eigenvalue weighted by atomic mass is 127. The van der Waals surface area contributed by atoms with Crippen LogP contribution in [0.4, 0.5) is 0 Å². The van der Waals surface area contributed by atoms with Crippen molar-refractivity contribution >= 4 is 29.9 Å². The minimum atomic E-state index is 0. The third-order valence-corrected chi connectivity index (χ3v) is 4.86. The van der Waals surface area contributed by atoms with Gasteiger partial charge in [-0.15, -0.1) is 24.0 Å². The zero-order valence-corrected chi connectivity index (χ0v) is 20.1. The molecule has 164 valence electrons. The predicted molar refractivity (Wildman–Crippen MR) is 133 cm³/mol. The molecule has 1 aliphatic carbocycles. The van der Waals surface area contributed by atoms with Gasteiger partial charge in [0.15, 0.2) is 5.96 Å². The molecule has 0 aromatic heterocycles. The van der Waals surface area contributed by atoms with E-state index in [2.05, 4.69) is 52.0 Å². The first-order chi connectivity index (χ1) is 14.3. The van der Waals surface area contributed by atoms with Gasteiger partial charge in [0.2, 0.25) is 0 Å². The van der Waals surface area contributed by atoms with Gasteiger partial charge in [-0.1, -0.05) is 54.6 Å². The molecule has 0 unspecified atom stereocenters. The lowest BCUT2D eigenvalue weighted by atomic mass is 10.1. The van der Waals surface area contributed by atoms with Crippen molar-refractivity contribution in [1.29, 1.82) is 0 Å². The molecule has 0 spiro atoms. The van der Waals surface area contributed by atoms with E-state index in [1.54, 1.807) is 7.05 Å².